The maximum atomic E-state index is 12.4. The fourth-order valence-corrected chi connectivity index (χ4v) is 2.84. The SMILES string of the molecule is COc1ccc(CNC(=O)[C@H]2CC(=O)N(c3ccc(O)cc3)C2)cc1. The Labute approximate surface area is 146 Å². The Bertz CT molecular complexity index is 756. The molecule has 0 spiro atoms. The lowest BCUT2D eigenvalue weighted by Crippen LogP contribution is -2.32. The second-order valence-corrected chi connectivity index (χ2v) is 5.99. The monoisotopic (exact) mass is 340 g/mol. The van der Waals surface area contributed by atoms with Gasteiger partial charge in [0.2, 0.25) is 11.8 Å². The standard InChI is InChI=1S/C19H20N2O4/c1-25-17-8-2-13(3-9-17)11-20-19(24)14-10-18(23)21(12-14)15-4-6-16(22)7-5-15/h2-9,14,22H,10-12H2,1H3,(H,20,24)/t14-/m0/s1. The van der Waals surface area contributed by atoms with E-state index in [2.05, 4.69) is 5.32 Å². The van der Waals surface area contributed by atoms with Gasteiger partial charge in [-0.25, -0.2) is 0 Å². The van der Waals surface area contributed by atoms with Crippen molar-refractivity contribution in [2.45, 2.75) is 13.0 Å². The highest BCUT2D eigenvalue weighted by atomic mass is 16.5. The van der Waals surface area contributed by atoms with Crippen LogP contribution in [0.2, 0.25) is 0 Å². The molecule has 0 aromatic heterocycles. The summed E-state index contributed by atoms with van der Waals surface area (Å²) in [5.41, 5.74) is 1.65. The quantitative estimate of drug-likeness (QED) is 0.873. The maximum Gasteiger partial charge on any atom is 0.227 e. The van der Waals surface area contributed by atoms with Gasteiger partial charge in [0.1, 0.15) is 11.5 Å². The summed E-state index contributed by atoms with van der Waals surface area (Å²) in [4.78, 5) is 26.1. The molecule has 1 fully saturated rings. The van der Waals surface area contributed by atoms with E-state index in [9.17, 15) is 14.7 Å². The summed E-state index contributed by atoms with van der Waals surface area (Å²) in [6.07, 6.45) is 0.190. The molecule has 1 aliphatic rings. The second-order valence-electron chi connectivity index (χ2n) is 5.99. The maximum absolute atomic E-state index is 12.4. The lowest BCUT2D eigenvalue weighted by Gasteiger charge is -2.16. The zero-order chi connectivity index (χ0) is 17.8. The van der Waals surface area contributed by atoms with Gasteiger partial charge in [0, 0.05) is 25.2 Å². The fourth-order valence-electron chi connectivity index (χ4n) is 2.84. The molecule has 0 aliphatic carbocycles. The Balaban J connectivity index is 1.57. The summed E-state index contributed by atoms with van der Waals surface area (Å²) in [5, 5.41) is 12.2. The van der Waals surface area contributed by atoms with Crippen molar-refractivity contribution >= 4 is 17.5 Å². The minimum atomic E-state index is -0.375. The van der Waals surface area contributed by atoms with E-state index in [1.54, 1.807) is 24.1 Å². The Morgan fingerprint density at radius 3 is 2.52 bits per heavy atom. The predicted molar refractivity (Wildman–Crippen MR) is 93.4 cm³/mol. The number of rotatable bonds is 5. The van der Waals surface area contributed by atoms with Crippen molar-refractivity contribution in [3.63, 3.8) is 0 Å². The van der Waals surface area contributed by atoms with E-state index in [0.29, 0.717) is 18.8 Å². The first-order chi connectivity index (χ1) is 12.1. The number of carbonyl (C=O) groups is 2. The molecule has 3 rings (SSSR count). The molecule has 1 saturated heterocycles. The van der Waals surface area contributed by atoms with Crippen LogP contribution in [0.1, 0.15) is 12.0 Å². The molecule has 0 radical (unpaired) electrons. The first-order valence-electron chi connectivity index (χ1n) is 8.07. The number of anilines is 1. The van der Waals surface area contributed by atoms with E-state index >= 15 is 0 Å². The zero-order valence-corrected chi connectivity index (χ0v) is 13.9. The van der Waals surface area contributed by atoms with Crippen LogP contribution < -0.4 is 15.0 Å². The van der Waals surface area contributed by atoms with Gasteiger partial charge in [-0.15, -0.1) is 0 Å². The van der Waals surface area contributed by atoms with Gasteiger partial charge < -0.3 is 20.1 Å². The smallest absolute Gasteiger partial charge is 0.227 e. The second kappa shape index (κ2) is 7.25. The van der Waals surface area contributed by atoms with Crippen LogP contribution >= 0.6 is 0 Å². The molecule has 6 nitrogen and oxygen atoms in total. The van der Waals surface area contributed by atoms with Crippen LogP contribution in [0, 0.1) is 5.92 Å². The van der Waals surface area contributed by atoms with Crippen molar-refractivity contribution < 1.29 is 19.4 Å². The van der Waals surface area contributed by atoms with Crippen LogP contribution in [0.4, 0.5) is 5.69 Å². The Hall–Kier alpha value is -3.02. The van der Waals surface area contributed by atoms with Gasteiger partial charge in [-0.2, -0.15) is 0 Å². The van der Waals surface area contributed by atoms with Crippen LogP contribution in [0.5, 0.6) is 11.5 Å². The summed E-state index contributed by atoms with van der Waals surface area (Å²) in [6, 6.07) is 13.9. The van der Waals surface area contributed by atoms with Gasteiger partial charge in [0.15, 0.2) is 0 Å². The number of nitrogens with one attached hydrogen (secondary N) is 1. The molecule has 0 unspecified atom stereocenters. The molecule has 25 heavy (non-hydrogen) atoms. The van der Waals surface area contributed by atoms with Crippen molar-refractivity contribution in [1.82, 2.24) is 5.32 Å². The van der Waals surface area contributed by atoms with Gasteiger partial charge in [0.05, 0.1) is 13.0 Å². The number of phenols is 1. The van der Waals surface area contributed by atoms with E-state index in [1.165, 1.54) is 12.1 Å². The van der Waals surface area contributed by atoms with E-state index in [1.807, 2.05) is 24.3 Å². The molecule has 2 aromatic carbocycles. The van der Waals surface area contributed by atoms with Crippen molar-refractivity contribution in [3.8, 4) is 11.5 Å². The highest BCUT2D eigenvalue weighted by Gasteiger charge is 2.34. The van der Waals surface area contributed by atoms with Crippen molar-refractivity contribution in [2.24, 2.45) is 5.92 Å². The van der Waals surface area contributed by atoms with Gasteiger partial charge in [-0.3, -0.25) is 9.59 Å². The van der Waals surface area contributed by atoms with Gasteiger partial charge >= 0.3 is 0 Å². The molecular weight excluding hydrogens is 320 g/mol. The summed E-state index contributed by atoms with van der Waals surface area (Å²) in [6.45, 7) is 0.755. The average Bonchev–Trinajstić information content (AvgIpc) is 3.02. The van der Waals surface area contributed by atoms with E-state index in [4.69, 9.17) is 4.74 Å². The molecule has 0 saturated carbocycles. The van der Waals surface area contributed by atoms with Crippen LogP contribution in [0.15, 0.2) is 48.5 Å². The van der Waals surface area contributed by atoms with E-state index in [-0.39, 0.29) is 29.9 Å². The number of hydrogen-bond acceptors (Lipinski definition) is 4. The Morgan fingerprint density at radius 2 is 1.88 bits per heavy atom. The lowest BCUT2D eigenvalue weighted by atomic mass is 10.1. The number of hydrogen-bond donors (Lipinski definition) is 2. The number of carbonyl (C=O) groups excluding carboxylic acids is 2. The fraction of sp³-hybridized carbons (Fsp3) is 0.263. The summed E-state index contributed by atoms with van der Waals surface area (Å²) < 4.78 is 5.10. The Morgan fingerprint density at radius 1 is 1.20 bits per heavy atom. The third kappa shape index (κ3) is 3.91. The minimum Gasteiger partial charge on any atom is -0.508 e. The number of methoxy groups -OCH3 is 1. The first-order valence-corrected chi connectivity index (χ1v) is 8.07. The molecule has 2 N–H and O–H groups in total. The summed E-state index contributed by atoms with van der Waals surface area (Å²) in [7, 11) is 1.60. The largest absolute Gasteiger partial charge is 0.508 e. The summed E-state index contributed by atoms with van der Waals surface area (Å²) in [5.74, 6) is 0.311. The third-order valence-electron chi connectivity index (χ3n) is 4.28. The lowest BCUT2D eigenvalue weighted by molar-refractivity contribution is -0.126. The molecule has 6 heteroatoms. The number of ether oxygens (including phenoxy) is 1. The number of benzene rings is 2. The van der Waals surface area contributed by atoms with Gasteiger partial charge in [-0.05, 0) is 42.0 Å². The average molecular weight is 340 g/mol. The van der Waals surface area contributed by atoms with Crippen LogP contribution in [-0.2, 0) is 16.1 Å². The van der Waals surface area contributed by atoms with Crippen LogP contribution in [0.3, 0.4) is 0 Å². The zero-order valence-electron chi connectivity index (χ0n) is 13.9. The molecule has 2 amide bonds. The molecule has 1 atom stereocenters. The minimum absolute atomic E-state index is 0.0877. The van der Waals surface area contributed by atoms with E-state index in [0.717, 1.165) is 11.3 Å². The topological polar surface area (TPSA) is 78.9 Å². The highest BCUT2D eigenvalue weighted by Crippen LogP contribution is 2.26. The summed E-state index contributed by atoms with van der Waals surface area (Å²) >= 11 is 0. The number of phenolic OH excluding ortho intramolecular Hbond substituents is 1. The van der Waals surface area contributed by atoms with Gasteiger partial charge in [0.25, 0.3) is 0 Å². The Kier molecular flexibility index (Phi) is 4.88. The molecule has 0 bridgehead atoms. The molecular formula is C19H20N2O4. The van der Waals surface area contributed by atoms with Crippen molar-refractivity contribution in [1.29, 1.82) is 0 Å². The number of amides is 2. The predicted octanol–water partition coefficient (Wildman–Crippen LogP) is 2.07. The first kappa shape index (κ1) is 16.8. The number of nitrogens with zero attached hydrogens (tertiary/aromatic N) is 1. The normalized spacial score (nSPS) is 16.8. The molecule has 130 valence electrons. The highest BCUT2D eigenvalue weighted by molar-refractivity contribution is 6.00. The number of aromatic hydroxyl groups is 1. The van der Waals surface area contributed by atoms with Crippen molar-refractivity contribution in [3.05, 3.63) is 54.1 Å². The molecule has 1 aliphatic heterocycles. The third-order valence-corrected chi connectivity index (χ3v) is 4.28. The van der Waals surface area contributed by atoms with Crippen LogP contribution in [0.25, 0.3) is 0 Å². The van der Waals surface area contributed by atoms with Crippen LogP contribution in [-0.4, -0.2) is 30.6 Å². The van der Waals surface area contributed by atoms with Crippen molar-refractivity contribution in [2.75, 3.05) is 18.6 Å². The molecule has 2 aromatic rings. The van der Waals surface area contributed by atoms with Gasteiger partial charge in [-0.1, -0.05) is 12.1 Å². The molecule has 1 heterocycles. The van der Waals surface area contributed by atoms with E-state index < -0.39 is 0 Å².